The van der Waals surface area contributed by atoms with Crippen molar-refractivity contribution in [2.24, 2.45) is 4.99 Å². The van der Waals surface area contributed by atoms with Gasteiger partial charge in [0, 0.05) is 17.3 Å². The fourth-order valence-corrected chi connectivity index (χ4v) is 4.55. The Morgan fingerprint density at radius 3 is 2.77 bits per heavy atom. The molecule has 0 radical (unpaired) electrons. The van der Waals surface area contributed by atoms with Crippen molar-refractivity contribution in [1.29, 1.82) is 0 Å². The number of H-pyrrole nitrogens is 1. The summed E-state index contributed by atoms with van der Waals surface area (Å²) in [5.41, 5.74) is 9.73. The Balaban J connectivity index is 1.59. The highest BCUT2D eigenvalue weighted by Gasteiger charge is 2.30. The van der Waals surface area contributed by atoms with Crippen LogP contribution in [0.4, 0.5) is 20.5 Å². The number of benzene rings is 1. The number of fused-ring (bicyclic) bond motifs is 2. The molecule has 4 heterocycles. The van der Waals surface area contributed by atoms with Gasteiger partial charge in [0.15, 0.2) is 16.6 Å². The number of hydrogen-bond acceptors (Lipinski definition) is 8. The first-order valence-corrected chi connectivity index (χ1v) is 10.4. The van der Waals surface area contributed by atoms with Gasteiger partial charge in [-0.1, -0.05) is 11.8 Å². The van der Waals surface area contributed by atoms with E-state index in [1.54, 1.807) is 0 Å². The molecule has 2 aromatic heterocycles. The van der Waals surface area contributed by atoms with Crippen molar-refractivity contribution < 1.29 is 8.78 Å². The summed E-state index contributed by atoms with van der Waals surface area (Å²) in [4.78, 5) is 22.3. The zero-order valence-electron chi connectivity index (χ0n) is 16.6. The predicted octanol–water partition coefficient (Wildman–Crippen LogP) is 3.70. The quantitative estimate of drug-likeness (QED) is 0.568. The summed E-state index contributed by atoms with van der Waals surface area (Å²) in [7, 11) is 0. The first kappa shape index (κ1) is 19.5. The number of nitrogen functional groups attached to an aromatic ring is 1. The number of hydrogen-bond donors (Lipinski definition) is 3. The van der Waals surface area contributed by atoms with Gasteiger partial charge >= 0.3 is 0 Å². The van der Waals surface area contributed by atoms with Crippen LogP contribution in [0.5, 0.6) is 0 Å². The molecule has 0 spiro atoms. The third-order valence-corrected chi connectivity index (χ3v) is 6.09. The minimum Gasteiger partial charge on any atom is -0.368 e. The molecule has 0 amide bonds. The second-order valence-electron chi connectivity index (χ2n) is 7.28. The lowest BCUT2D eigenvalue weighted by Crippen LogP contribution is -2.32. The largest absolute Gasteiger partial charge is 0.368 e. The lowest BCUT2D eigenvalue weighted by Gasteiger charge is -2.30. The average Bonchev–Trinajstić information content (AvgIpc) is 3.33. The average molecular weight is 440 g/mol. The van der Waals surface area contributed by atoms with Gasteiger partial charge in [0.2, 0.25) is 5.95 Å². The van der Waals surface area contributed by atoms with Gasteiger partial charge < -0.3 is 20.9 Å². The predicted molar refractivity (Wildman–Crippen MR) is 118 cm³/mol. The van der Waals surface area contributed by atoms with E-state index in [0.717, 1.165) is 22.5 Å². The summed E-state index contributed by atoms with van der Waals surface area (Å²) in [6.45, 7) is 4.33. The summed E-state index contributed by atoms with van der Waals surface area (Å²) >= 11 is 1.51. The molecule has 1 atom stereocenters. The number of aromatic amines is 1. The molecule has 3 aromatic rings. The van der Waals surface area contributed by atoms with Crippen molar-refractivity contribution in [2.75, 3.05) is 17.6 Å². The standard InChI is InChI=1S/C20H18F2N8S/c1-9-7-31-20-27-15(14(6-30(9)20)11-3-12(21)5-13(22)4-11)10(2)26-18-16-17(25-8-24-16)28-19(23)29-18/h3-5,7-8,10H,6H2,1-2H3,(H4,23,24,25,26,28,29). The maximum Gasteiger partial charge on any atom is 0.224 e. The smallest absolute Gasteiger partial charge is 0.224 e. The molecule has 0 aliphatic carbocycles. The molecule has 0 bridgehead atoms. The Morgan fingerprint density at radius 2 is 2.00 bits per heavy atom. The van der Waals surface area contributed by atoms with Gasteiger partial charge in [-0.05, 0) is 37.0 Å². The number of thioether (sulfide) groups is 1. The van der Waals surface area contributed by atoms with Gasteiger partial charge in [-0.15, -0.1) is 0 Å². The van der Waals surface area contributed by atoms with Crippen LogP contribution >= 0.6 is 11.8 Å². The lowest BCUT2D eigenvalue weighted by molar-refractivity contribution is 0.573. The van der Waals surface area contributed by atoms with E-state index in [1.165, 1.54) is 30.2 Å². The van der Waals surface area contributed by atoms with Gasteiger partial charge in [0.1, 0.15) is 17.2 Å². The zero-order chi connectivity index (χ0) is 21.7. The molecule has 0 fully saturated rings. The number of imidazole rings is 1. The van der Waals surface area contributed by atoms with Crippen LogP contribution in [0.3, 0.4) is 0 Å². The molecule has 0 saturated heterocycles. The van der Waals surface area contributed by atoms with Gasteiger partial charge in [-0.3, -0.25) is 0 Å². The SMILES string of the molecule is CC1=CSC2=NC(C(C)Nc3nc(N)nc4nc[nH]c34)=C(c3cc(F)cc(F)c3)CN12. The Kier molecular flexibility index (Phi) is 4.62. The Labute approximate surface area is 180 Å². The zero-order valence-corrected chi connectivity index (χ0v) is 17.5. The van der Waals surface area contributed by atoms with Crippen LogP contribution in [0.1, 0.15) is 19.4 Å². The topological polar surface area (TPSA) is 108 Å². The second kappa shape index (κ2) is 7.34. The number of nitrogens with zero attached hydrogens (tertiary/aromatic N) is 5. The number of aromatic nitrogens is 4. The number of rotatable bonds is 4. The fourth-order valence-electron chi connectivity index (χ4n) is 3.66. The molecule has 1 aromatic carbocycles. The van der Waals surface area contributed by atoms with Crippen LogP contribution in [0.2, 0.25) is 0 Å². The highest BCUT2D eigenvalue weighted by molar-refractivity contribution is 8.16. The molecule has 0 saturated carbocycles. The fraction of sp³-hybridized carbons (Fsp3) is 0.200. The van der Waals surface area contributed by atoms with E-state index in [2.05, 4.69) is 25.3 Å². The molecular weight excluding hydrogens is 422 g/mol. The van der Waals surface area contributed by atoms with E-state index in [4.69, 9.17) is 10.7 Å². The normalized spacial score (nSPS) is 17.0. The van der Waals surface area contributed by atoms with E-state index in [-0.39, 0.29) is 12.0 Å². The van der Waals surface area contributed by atoms with Crippen molar-refractivity contribution in [3.05, 3.63) is 58.5 Å². The van der Waals surface area contributed by atoms with Crippen molar-refractivity contribution in [3.63, 3.8) is 0 Å². The van der Waals surface area contributed by atoms with Gasteiger partial charge in [-0.2, -0.15) is 9.97 Å². The van der Waals surface area contributed by atoms with Crippen LogP contribution in [0, 0.1) is 11.6 Å². The molecule has 8 nitrogen and oxygen atoms in total. The van der Waals surface area contributed by atoms with Gasteiger partial charge in [-0.25, -0.2) is 18.8 Å². The van der Waals surface area contributed by atoms with E-state index in [0.29, 0.717) is 34.8 Å². The number of nitrogens with one attached hydrogen (secondary N) is 2. The molecule has 11 heteroatoms. The van der Waals surface area contributed by atoms with Gasteiger partial charge in [0.05, 0.1) is 24.6 Å². The first-order chi connectivity index (χ1) is 14.9. The molecule has 4 N–H and O–H groups in total. The highest BCUT2D eigenvalue weighted by Crippen LogP contribution is 2.37. The molecule has 31 heavy (non-hydrogen) atoms. The molecule has 2 aliphatic rings. The van der Waals surface area contributed by atoms with Crippen LogP contribution in [-0.4, -0.2) is 42.6 Å². The van der Waals surface area contributed by atoms with Crippen molar-refractivity contribution in [2.45, 2.75) is 19.9 Å². The summed E-state index contributed by atoms with van der Waals surface area (Å²) in [5.74, 6) is -0.713. The summed E-state index contributed by atoms with van der Waals surface area (Å²) in [5, 5.41) is 6.12. The van der Waals surface area contributed by atoms with Crippen LogP contribution in [0.25, 0.3) is 16.7 Å². The van der Waals surface area contributed by atoms with Gasteiger partial charge in [0.25, 0.3) is 0 Å². The Hall–Kier alpha value is -3.47. The minimum atomic E-state index is -0.636. The Bertz CT molecular complexity index is 1280. The highest BCUT2D eigenvalue weighted by atomic mass is 32.2. The second-order valence-corrected chi connectivity index (χ2v) is 8.11. The number of nitrogens with two attached hydrogens (primary N) is 1. The summed E-state index contributed by atoms with van der Waals surface area (Å²) in [6.07, 6.45) is 1.51. The molecule has 158 valence electrons. The number of halogens is 2. The van der Waals surface area contributed by atoms with E-state index in [1.807, 2.05) is 24.2 Å². The number of aliphatic imine (C=N–C) groups is 1. The monoisotopic (exact) mass is 440 g/mol. The molecule has 5 rings (SSSR count). The van der Waals surface area contributed by atoms with Crippen LogP contribution in [0.15, 0.2) is 46.3 Å². The minimum absolute atomic E-state index is 0.0861. The van der Waals surface area contributed by atoms with Crippen LogP contribution in [-0.2, 0) is 0 Å². The van der Waals surface area contributed by atoms with E-state index >= 15 is 0 Å². The number of anilines is 2. The number of amidine groups is 1. The van der Waals surface area contributed by atoms with E-state index in [9.17, 15) is 8.78 Å². The summed E-state index contributed by atoms with van der Waals surface area (Å²) < 4.78 is 28.0. The number of allylic oxidation sites excluding steroid dienone is 1. The summed E-state index contributed by atoms with van der Waals surface area (Å²) in [6, 6.07) is 3.16. The maximum atomic E-state index is 14.0. The van der Waals surface area contributed by atoms with E-state index < -0.39 is 11.6 Å². The van der Waals surface area contributed by atoms with Crippen molar-refractivity contribution >= 4 is 45.4 Å². The Morgan fingerprint density at radius 1 is 1.23 bits per heavy atom. The van der Waals surface area contributed by atoms with Crippen molar-refractivity contribution in [1.82, 2.24) is 24.8 Å². The lowest BCUT2D eigenvalue weighted by atomic mass is 9.98. The third kappa shape index (κ3) is 3.50. The van der Waals surface area contributed by atoms with Crippen molar-refractivity contribution in [3.8, 4) is 0 Å². The molecule has 2 aliphatic heterocycles. The first-order valence-electron chi connectivity index (χ1n) is 9.51. The molecular formula is C20H18F2N8S. The molecule has 1 unspecified atom stereocenters. The van der Waals surface area contributed by atoms with Crippen LogP contribution < -0.4 is 11.1 Å². The third-order valence-electron chi connectivity index (χ3n) is 5.11. The maximum absolute atomic E-state index is 14.0.